The molecule has 0 amide bonds. The lowest BCUT2D eigenvalue weighted by atomic mass is 10.0. The standard InChI is InChI=1S/C11H21N3O2S2/c1-11(2,10(12)17)13-5-7-14(8-6-13)18(15,16)9-3-4-9/h9H,3-8H2,1-2H3,(H2,12,17). The van der Waals surface area contributed by atoms with E-state index in [1.54, 1.807) is 4.31 Å². The molecule has 2 fully saturated rings. The number of sulfonamides is 1. The molecule has 1 aliphatic carbocycles. The van der Waals surface area contributed by atoms with Crippen LogP contribution in [-0.4, -0.2) is 59.6 Å². The van der Waals surface area contributed by atoms with Gasteiger partial charge in [0.2, 0.25) is 10.0 Å². The molecule has 0 aromatic carbocycles. The van der Waals surface area contributed by atoms with E-state index in [2.05, 4.69) is 4.90 Å². The van der Waals surface area contributed by atoms with Crippen molar-refractivity contribution in [1.82, 2.24) is 9.21 Å². The molecule has 0 atom stereocenters. The molecule has 2 rings (SSSR count). The first-order valence-corrected chi connectivity index (χ1v) is 8.21. The average Bonchev–Trinajstić information content (AvgIpc) is 3.13. The first-order valence-electron chi connectivity index (χ1n) is 6.30. The van der Waals surface area contributed by atoms with Crippen LogP contribution in [0, 0.1) is 0 Å². The topological polar surface area (TPSA) is 66.6 Å². The van der Waals surface area contributed by atoms with Gasteiger partial charge in [0.15, 0.2) is 0 Å². The highest BCUT2D eigenvalue weighted by atomic mass is 32.2. The summed E-state index contributed by atoms with van der Waals surface area (Å²) in [5.41, 5.74) is 5.40. The van der Waals surface area contributed by atoms with Crippen LogP contribution < -0.4 is 5.73 Å². The quantitative estimate of drug-likeness (QED) is 0.748. The van der Waals surface area contributed by atoms with Crippen LogP contribution in [0.1, 0.15) is 26.7 Å². The number of thiocarbonyl (C=S) groups is 1. The molecular formula is C11H21N3O2S2. The van der Waals surface area contributed by atoms with Crippen LogP contribution in [0.5, 0.6) is 0 Å². The van der Waals surface area contributed by atoms with Crippen molar-refractivity contribution in [2.45, 2.75) is 37.5 Å². The van der Waals surface area contributed by atoms with Gasteiger partial charge < -0.3 is 5.73 Å². The van der Waals surface area contributed by atoms with Gasteiger partial charge in [-0.1, -0.05) is 12.2 Å². The number of hydrogen-bond donors (Lipinski definition) is 1. The van der Waals surface area contributed by atoms with Crippen LogP contribution >= 0.6 is 12.2 Å². The summed E-state index contributed by atoms with van der Waals surface area (Å²) < 4.78 is 25.8. The smallest absolute Gasteiger partial charge is 0.217 e. The average molecular weight is 291 g/mol. The van der Waals surface area contributed by atoms with Crippen molar-refractivity contribution in [2.75, 3.05) is 26.2 Å². The maximum absolute atomic E-state index is 12.1. The van der Waals surface area contributed by atoms with Gasteiger partial charge >= 0.3 is 0 Å². The summed E-state index contributed by atoms with van der Waals surface area (Å²) >= 11 is 5.07. The fourth-order valence-electron chi connectivity index (χ4n) is 2.23. The molecular weight excluding hydrogens is 270 g/mol. The van der Waals surface area contributed by atoms with Crippen molar-refractivity contribution in [3.8, 4) is 0 Å². The lowest BCUT2D eigenvalue weighted by Crippen LogP contribution is -2.60. The molecule has 0 aromatic rings. The summed E-state index contributed by atoms with van der Waals surface area (Å²) in [5.74, 6) is 0. The van der Waals surface area contributed by atoms with Gasteiger partial charge in [0, 0.05) is 26.2 Å². The molecule has 2 aliphatic rings. The molecule has 0 radical (unpaired) electrons. The van der Waals surface area contributed by atoms with Gasteiger partial charge in [-0.15, -0.1) is 0 Å². The minimum Gasteiger partial charge on any atom is -0.392 e. The van der Waals surface area contributed by atoms with E-state index >= 15 is 0 Å². The Morgan fingerprint density at radius 2 is 1.72 bits per heavy atom. The minimum atomic E-state index is -3.04. The molecule has 0 spiro atoms. The Morgan fingerprint density at radius 1 is 1.22 bits per heavy atom. The highest BCUT2D eigenvalue weighted by Gasteiger charge is 2.42. The Labute approximate surface area is 114 Å². The van der Waals surface area contributed by atoms with E-state index in [-0.39, 0.29) is 10.8 Å². The van der Waals surface area contributed by atoms with E-state index in [1.165, 1.54) is 0 Å². The Kier molecular flexibility index (Phi) is 3.70. The van der Waals surface area contributed by atoms with Gasteiger partial charge in [-0.2, -0.15) is 4.31 Å². The molecule has 1 aliphatic heterocycles. The van der Waals surface area contributed by atoms with Crippen molar-refractivity contribution >= 4 is 27.2 Å². The van der Waals surface area contributed by atoms with Gasteiger partial charge in [-0.3, -0.25) is 4.90 Å². The van der Waals surface area contributed by atoms with E-state index < -0.39 is 10.0 Å². The number of rotatable bonds is 4. The summed E-state index contributed by atoms with van der Waals surface area (Å²) in [6, 6.07) is 0. The highest BCUT2D eigenvalue weighted by molar-refractivity contribution is 7.90. The Balaban J connectivity index is 1.98. The Morgan fingerprint density at radius 3 is 2.11 bits per heavy atom. The second-order valence-corrected chi connectivity index (χ2v) is 8.21. The van der Waals surface area contributed by atoms with Crippen molar-refractivity contribution in [1.29, 1.82) is 0 Å². The third-order valence-corrected chi connectivity index (χ3v) is 6.84. The number of hydrogen-bond acceptors (Lipinski definition) is 4. The predicted molar refractivity (Wildman–Crippen MR) is 76.0 cm³/mol. The van der Waals surface area contributed by atoms with E-state index in [0.717, 1.165) is 12.8 Å². The van der Waals surface area contributed by atoms with Crippen LogP contribution in [0.25, 0.3) is 0 Å². The summed E-state index contributed by atoms with van der Waals surface area (Å²) in [4.78, 5) is 2.62. The van der Waals surface area contributed by atoms with Crippen molar-refractivity contribution in [3.63, 3.8) is 0 Å². The largest absolute Gasteiger partial charge is 0.392 e. The summed E-state index contributed by atoms with van der Waals surface area (Å²) in [6.07, 6.45) is 1.64. The first kappa shape index (κ1) is 14.2. The van der Waals surface area contributed by atoms with Crippen LogP contribution in [-0.2, 0) is 10.0 Å². The molecule has 7 heteroatoms. The molecule has 104 valence electrons. The molecule has 1 saturated carbocycles. The van der Waals surface area contributed by atoms with E-state index in [1.807, 2.05) is 13.8 Å². The van der Waals surface area contributed by atoms with E-state index in [4.69, 9.17) is 18.0 Å². The van der Waals surface area contributed by atoms with Gasteiger partial charge in [0.25, 0.3) is 0 Å². The van der Waals surface area contributed by atoms with Gasteiger partial charge in [0.1, 0.15) is 0 Å². The second kappa shape index (κ2) is 4.70. The predicted octanol–water partition coefficient (Wildman–Crippen LogP) is 0.161. The summed E-state index contributed by atoms with van der Waals surface area (Å²) in [7, 11) is -3.04. The lowest BCUT2D eigenvalue weighted by molar-refractivity contribution is 0.123. The van der Waals surface area contributed by atoms with Crippen molar-refractivity contribution in [2.24, 2.45) is 5.73 Å². The highest BCUT2D eigenvalue weighted by Crippen LogP contribution is 2.31. The molecule has 0 aromatic heterocycles. The van der Waals surface area contributed by atoms with E-state index in [0.29, 0.717) is 31.2 Å². The molecule has 2 N–H and O–H groups in total. The molecule has 18 heavy (non-hydrogen) atoms. The third-order valence-electron chi connectivity index (χ3n) is 3.94. The zero-order valence-corrected chi connectivity index (χ0v) is 12.6. The number of nitrogens with two attached hydrogens (primary N) is 1. The van der Waals surface area contributed by atoms with Crippen molar-refractivity contribution in [3.05, 3.63) is 0 Å². The monoisotopic (exact) mass is 291 g/mol. The minimum absolute atomic E-state index is 0.118. The Hall–Kier alpha value is -0.240. The van der Waals surface area contributed by atoms with Crippen LogP contribution in [0.15, 0.2) is 0 Å². The normalized spacial score (nSPS) is 24.1. The fraction of sp³-hybridized carbons (Fsp3) is 0.909. The van der Waals surface area contributed by atoms with E-state index in [9.17, 15) is 8.42 Å². The summed E-state index contributed by atoms with van der Waals surface area (Å²) in [6.45, 7) is 6.45. The van der Waals surface area contributed by atoms with Gasteiger partial charge in [-0.25, -0.2) is 8.42 Å². The molecule has 5 nitrogen and oxygen atoms in total. The molecule has 0 bridgehead atoms. The third kappa shape index (κ3) is 2.54. The number of piperazine rings is 1. The lowest BCUT2D eigenvalue weighted by Gasteiger charge is -2.43. The van der Waals surface area contributed by atoms with Crippen molar-refractivity contribution < 1.29 is 8.42 Å². The van der Waals surface area contributed by atoms with Gasteiger partial charge in [-0.05, 0) is 26.7 Å². The molecule has 1 saturated heterocycles. The van der Waals surface area contributed by atoms with Crippen LogP contribution in [0.4, 0.5) is 0 Å². The SMILES string of the molecule is CC(C)(C(N)=S)N1CCN(S(=O)(=O)C2CC2)CC1. The maximum Gasteiger partial charge on any atom is 0.217 e. The maximum atomic E-state index is 12.1. The first-order chi connectivity index (χ1) is 8.26. The van der Waals surface area contributed by atoms with Gasteiger partial charge in [0.05, 0.1) is 15.8 Å². The Bertz CT molecular complexity index is 435. The zero-order chi connectivity index (χ0) is 13.6. The fourth-order valence-corrected chi connectivity index (χ4v) is 4.19. The second-order valence-electron chi connectivity index (χ2n) is 5.55. The van der Waals surface area contributed by atoms with Crippen LogP contribution in [0.3, 0.4) is 0 Å². The zero-order valence-electron chi connectivity index (χ0n) is 10.9. The molecule has 0 unspecified atom stereocenters. The van der Waals surface area contributed by atoms with Crippen LogP contribution in [0.2, 0.25) is 0 Å². The molecule has 1 heterocycles. The number of nitrogens with zero attached hydrogens (tertiary/aromatic N) is 2. The summed E-state index contributed by atoms with van der Waals surface area (Å²) in [5, 5.41) is -0.118.